The monoisotopic (exact) mass is 278 g/mol. The summed E-state index contributed by atoms with van der Waals surface area (Å²) in [4.78, 5) is 17.3. The van der Waals surface area contributed by atoms with Crippen LogP contribution in [0.4, 0.5) is 0 Å². The third-order valence-corrected chi connectivity index (χ3v) is 4.17. The van der Waals surface area contributed by atoms with Crippen LogP contribution in [0.15, 0.2) is 29.2 Å². The second-order valence-corrected chi connectivity index (χ2v) is 5.91. The zero-order valence-electron chi connectivity index (χ0n) is 11.7. The summed E-state index contributed by atoms with van der Waals surface area (Å²) < 4.78 is 0. The van der Waals surface area contributed by atoms with E-state index in [1.165, 1.54) is 12.8 Å². The van der Waals surface area contributed by atoms with Crippen molar-refractivity contribution < 1.29 is 4.79 Å². The van der Waals surface area contributed by atoms with Gasteiger partial charge in [0.05, 0.1) is 6.42 Å². The van der Waals surface area contributed by atoms with Gasteiger partial charge in [0.15, 0.2) is 0 Å². The Morgan fingerprint density at radius 1 is 1.42 bits per heavy atom. The van der Waals surface area contributed by atoms with Crippen LogP contribution in [0.5, 0.6) is 0 Å². The molecule has 3 nitrogen and oxygen atoms in total. The molecule has 0 radical (unpaired) electrons. The highest BCUT2D eigenvalue weighted by Crippen LogP contribution is 2.16. The van der Waals surface area contributed by atoms with E-state index in [-0.39, 0.29) is 5.91 Å². The Morgan fingerprint density at radius 2 is 2.11 bits per heavy atom. The number of carbonyl (C=O) groups excluding carboxylic acids is 1. The molecule has 0 aromatic heterocycles. The molecule has 1 aromatic rings. The van der Waals surface area contributed by atoms with E-state index >= 15 is 0 Å². The van der Waals surface area contributed by atoms with Crippen molar-refractivity contribution in [3.8, 4) is 0 Å². The molecule has 0 spiro atoms. The number of rotatable bonds is 4. The fourth-order valence-corrected chi connectivity index (χ4v) is 2.70. The predicted octanol–water partition coefficient (Wildman–Crippen LogP) is 2.07. The Labute approximate surface area is 121 Å². The highest BCUT2D eigenvalue weighted by Gasteiger charge is 2.23. The lowest BCUT2D eigenvalue weighted by molar-refractivity contribution is -0.129. The summed E-state index contributed by atoms with van der Waals surface area (Å²) in [5.74, 6) is 0.187. The lowest BCUT2D eigenvalue weighted by Gasteiger charge is -2.26. The van der Waals surface area contributed by atoms with Gasteiger partial charge in [-0.1, -0.05) is 12.1 Å². The molecule has 1 fully saturated rings. The zero-order chi connectivity index (χ0) is 13.8. The molecule has 1 aliphatic heterocycles. The van der Waals surface area contributed by atoms with Crippen LogP contribution in [0.1, 0.15) is 18.4 Å². The van der Waals surface area contributed by atoms with Gasteiger partial charge in [-0.2, -0.15) is 0 Å². The van der Waals surface area contributed by atoms with Crippen LogP contribution in [0.25, 0.3) is 0 Å². The molecular weight excluding hydrogens is 256 g/mol. The number of hydrogen-bond donors (Lipinski definition) is 1. The van der Waals surface area contributed by atoms with Crippen molar-refractivity contribution in [3.63, 3.8) is 0 Å². The minimum absolute atomic E-state index is 0.187. The fourth-order valence-electron chi connectivity index (χ4n) is 2.55. The van der Waals surface area contributed by atoms with Crippen LogP contribution < -0.4 is 0 Å². The van der Waals surface area contributed by atoms with Gasteiger partial charge in [-0.05, 0) is 44.1 Å². The summed E-state index contributed by atoms with van der Waals surface area (Å²) in [6.45, 7) is 1.98. The van der Waals surface area contributed by atoms with Crippen molar-refractivity contribution in [2.75, 3.05) is 27.2 Å². The van der Waals surface area contributed by atoms with E-state index in [9.17, 15) is 4.79 Å². The van der Waals surface area contributed by atoms with Crippen molar-refractivity contribution in [2.24, 2.45) is 0 Å². The van der Waals surface area contributed by atoms with Gasteiger partial charge >= 0.3 is 0 Å². The number of likely N-dealkylation sites (N-methyl/N-ethyl adjacent to an activating group) is 2. The lowest BCUT2D eigenvalue weighted by Crippen LogP contribution is -2.40. The SMILES string of the molecule is CN(CC1CCCN1C)C(=O)Cc1ccc(S)cc1. The van der Waals surface area contributed by atoms with Crippen LogP contribution in [0.3, 0.4) is 0 Å². The van der Waals surface area contributed by atoms with Crippen LogP contribution in [0, 0.1) is 0 Å². The largest absolute Gasteiger partial charge is 0.344 e. The van der Waals surface area contributed by atoms with Gasteiger partial charge < -0.3 is 9.80 Å². The third-order valence-electron chi connectivity index (χ3n) is 3.87. The lowest BCUT2D eigenvalue weighted by atomic mass is 10.1. The number of thiol groups is 1. The number of benzene rings is 1. The number of amides is 1. The Morgan fingerprint density at radius 3 is 2.68 bits per heavy atom. The summed E-state index contributed by atoms with van der Waals surface area (Å²) >= 11 is 4.25. The first-order chi connectivity index (χ1) is 9.06. The van der Waals surface area contributed by atoms with Gasteiger partial charge in [-0.3, -0.25) is 4.79 Å². The number of hydrogen-bond acceptors (Lipinski definition) is 3. The zero-order valence-corrected chi connectivity index (χ0v) is 12.6. The average molecular weight is 278 g/mol. The second kappa shape index (κ2) is 6.44. The standard InChI is InChI=1S/C15H22N2OS/c1-16-9-3-4-13(16)11-17(2)15(18)10-12-5-7-14(19)8-6-12/h5-8,13,19H,3-4,9-11H2,1-2H3. The molecule has 0 N–H and O–H groups in total. The van der Waals surface area contributed by atoms with E-state index in [4.69, 9.17) is 0 Å². The summed E-state index contributed by atoms with van der Waals surface area (Å²) in [6.07, 6.45) is 2.91. The summed E-state index contributed by atoms with van der Waals surface area (Å²) in [5.41, 5.74) is 1.05. The Balaban J connectivity index is 1.86. The molecule has 0 bridgehead atoms. The maximum Gasteiger partial charge on any atom is 0.226 e. The normalized spacial score (nSPS) is 19.6. The quantitative estimate of drug-likeness (QED) is 0.852. The molecule has 1 aromatic carbocycles. The van der Waals surface area contributed by atoms with Gasteiger partial charge in [0, 0.05) is 24.5 Å². The molecule has 1 amide bonds. The van der Waals surface area contributed by atoms with Crippen molar-refractivity contribution in [2.45, 2.75) is 30.2 Å². The topological polar surface area (TPSA) is 23.6 Å². The van der Waals surface area contributed by atoms with Gasteiger partial charge in [0.2, 0.25) is 5.91 Å². The first-order valence-electron chi connectivity index (χ1n) is 6.78. The highest BCUT2D eigenvalue weighted by molar-refractivity contribution is 7.80. The summed E-state index contributed by atoms with van der Waals surface area (Å²) in [5, 5.41) is 0. The minimum atomic E-state index is 0.187. The molecular formula is C15H22N2OS. The van der Waals surface area contributed by atoms with Gasteiger partial charge in [-0.15, -0.1) is 12.6 Å². The molecule has 19 heavy (non-hydrogen) atoms. The highest BCUT2D eigenvalue weighted by atomic mass is 32.1. The molecule has 104 valence electrons. The van der Waals surface area contributed by atoms with E-state index in [1.54, 1.807) is 0 Å². The number of nitrogens with zero attached hydrogens (tertiary/aromatic N) is 2. The van der Waals surface area contributed by atoms with Gasteiger partial charge in [0.1, 0.15) is 0 Å². The molecule has 0 aliphatic carbocycles. The maximum atomic E-state index is 12.2. The van der Waals surface area contributed by atoms with E-state index in [0.29, 0.717) is 12.5 Å². The summed E-state index contributed by atoms with van der Waals surface area (Å²) in [7, 11) is 4.04. The molecule has 2 rings (SSSR count). The molecule has 0 saturated carbocycles. The number of likely N-dealkylation sites (tertiary alicyclic amines) is 1. The van der Waals surface area contributed by atoms with E-state index in [2.05, 4.69) is 24.6 Å². The van der Waals surface area contributed by atoms with Crippen LogP contribution in [0.2, 0.25) is 0 Å². The maximum absolute atomic E-state index is 12.2. The van der Waals surface area contributed by atoms with Crippen molar-refractivity contribution in [3.05, 3.63) is 29.8 Å². The van der Waals surface area contributed by atoms with Crippen molar-refractivity contribution in [1.29, 1.82) is 0 Å². The fraction of sp³-hybridized carbons (Fsp3) is 0.533. The second-order valence-electron chi connectivity index (χ2n) is 5.39. The minimum Gasteiger partial charge on any atom is -0.344 e. The molecule has 4 heteroatoms. The van der Waals surface area contributed by atoms with Crippen LogP contribution >= 0.6 is 12.6 Å². The smallest absolute Gasteiger partial charge is 0.226 e. The van der Waals surface area contributed by atoms with Crippen molar-refractivity contribution >= 4 is 18.5 Å². The average Bonchev–Trinajstić information content (AvgIpc) is 2.78. The van der Waals surface area contributed by atoms with Gasteiger partial charge in [0.25, 0.3) is 0 Å². The molecule has 1 atom stereocenters. The van der Waals surface area contributed by atoms with Crippen molar-refractivity contribution in [1.82, 2.24) is 9.80 Å². The third kappa shape index (κ3) is 3.98. The molecule has 1 unspecified atom stereocenters. The first-order valence-corrected chi connectivity index (χ1v) is 7.23. The first kappa shape index (κ1) is 14.4. The molecule has 1 saturated heterocycles. The molecule has 1 aliphatic rings. The van der Waals surface area contributed by atoms with E-state index < -0.39 is 0 Å². The Bertz CT molecular complexity index is 432. The van der Waals surface area contributed by atoms with E-state index in [1.807, 2.05) is 36.2 Å². The van der Waals surface area contributed by atoms with E-state index in [0.717, 1.165) is 23.5 Å². The van der Waals surface area contributed by atoms with Gasteiger partial charge in [-0.25, -0.2) is 0 Å². The number of carbonyl (C=O) groups is 1. The summed E-state index contributed by atoms with van der Waals surface area (Å²) in [6, 6.07) is 8.31. The predicted molar refractivity (Wildman–Crippen MR) is 80.7 cm³/mol. The van der Waals surface area contributed by atoms with Crippen LogP contribution in [-0.2, 0) is 11.2 Å². The molecule has 1 heterocycles. The Hall–Kier alpha value is -1.00. The van der Waals surface area contributed by atoms with Crippen LogP contribution in [-0.4, -0.2) is 48.9 Å². The Kier molecular flexibility index (Phi) is 4.88.